The fourth-order valence-corrected chi connectivity index (χ4v) is 5.91. The number of ketones is 1. The number of nitrogens with zero attached hydrogens (tertiary/aromatic N) is 1. The number of methoxy groups -OCH3 is 1. The van der Waals surface area contributed by atoms with Crippen molar-refractivity contribution in [2.24, 2.45) is 0 Å². The number of carbonyl (C=O) groups is 2. The van der Waals surface area contributed by atoms with Crippen LogP contribution in [0.1, 0.15) is 68.4 Å². The Morgan fingerprint density at radius 2 is 1.84 bits per heavy atom. The number of Topliss-reactive ketones (excluding diaryl/α,β-unsaturated/α-hetero) is 1. The van der Waals surface area contributed by atoms with Crippen LogP contribution in [0.5, 0.6) is 5.75 Å². The molecule has 1 fully saturated rings. The highest BCUT2D eigenvalue weighted by atomic mass is 16.6. The Balaban J connectivity index is 1.58. The summed E-state index contributed by atoms with van der Waals surface area (Å²) in [5.41, 5.74) is 3.56. The predicted molar refractivity (Wildman–Crippen MR) is 137 cm³/mol. The summed E-state index contributed by atoms with van der Waals surface area (Å²) < 4.78 is 11.4. The number of non-ortho nitro benzene ring substituents is 1. The van der Waals surface area contributed by atoms with E-state index in [0.29, 0.717) is 28.8 Å². The van der Waals surface area contributed by atoms with Crippen molar-refractivity contribution < 1.29 is 24.0 Å². The molecule has 5 rings (SSSR count). The Kier molecular flexibility index (Phi) is 6.82. The van der Waals surface area contributed by atoms with Gasteiger partial charge in [0.15, 0.2) is 5.78 Å². The number of carbonyl (C=O) groups excluding carboxylic acids is 2. The number of benzene rings is 2. The van der Waals surface area contributed by atoms with Crippen LogP contribution >= 0.6 is 0 Å². The summed E-state index contributed by atoms with van der Waals surface area (Å²) in [6.07, 6.45) is 4.32. The Labute approximate surface area is 215 Å². The van der Waals surface area contributed by atoms with Gasteiger partial charge in [-0.15, -0.1) is 0 Å². The Hall–Kier alpha value is -3.94. The average molecular weight is 503 g/mol. The van der Waals surface area contributed by atoms with Crippen LogP contribution in [0.4, 0.5) is 5.69 Å². The third kappa shape index (κ3) is 4.75. The van der Waals surface area contributed by atoms with Crippen molar-refractivity contribution >= 4 is 17.4 Å². The zero-order chi connectivity index (χ0) is 26.1. The van der Waals surface area contributed by atoms with Crippen LogP contribution in [0.25, 0.3) is 0 Å². The van der Waals surface area contributed by atoms with Crippen molar-refractivity contribution in [2.45, 2.75) is 63.4 Å². The van der Waals surface area contributed by atoms with Gasteiger partial charge in [-0.25, -0.2) is 4.79 Å². The van der Waals surface area contributed by atoms with Crippen LogP contribution in [0.3, 0.4) is 0 Å². The summed E-state index contributed by atoms with van der Waals surface area (Å²) in [5, 5.41) is 14.9. The lowest BCUT2D eigenvalue weighted by molar-refractivity contribution is -0.384. The molecule has 2 aliphatic carbocycles. The molecular weight excluding hydrogens is 472 g/mol. The molecule has 1 N–H and O–H groups in total. The van der Waals surface area contributed by atoms with E-state index in [4.69, 9.17) is 9.47 Å². The number of dihydropyridines is 1. The molecule has 8 heteroatoms. The first kappa shape index (κ1) is 24.7. The molecule has 0 spiro atoms. The molecule has 2 aromatic carbocycles. The first-order valence-electron chi connectivity index (χ1n) is 12.7. The first-order chi connectivity index (χ1) is 17.9. The maximum Gasteiger partial charge on any atom is 0.337 e. The highest BCUT2D eigenvalue weighted by Crippen LogP contribution is 2.47. The van der Waals surface area contributed by atoms with Crippen LogP contribution in [0.15, 0.2) is 71.1 Å². The number of nitro benzene ring substituents is 1. The van der Waals surface area contributed by atoms with Gasteiger partial charge in [-0.2, -0.15) is 0 Å². The number of nitro groups is 1. The smallest absolute Gasteiger partial charge is 0.337 e. The van der Waals surface area contributed by atoms with Crippen LogP contribution in [0, 0.1) is 10.1 Å². The Morgan fingerprint density at radius 3 is 2.57 bits per heavy atom. The quantitative estimate of drug-likeness (QED) is 0.318. The SMILES string of the molecule is COc1ccccc1C1CC(=O)C2=C(C1)NC(C)=C(C(=O)OC1CCCC1)C2c1cccc([N+](=O)[O-])c1. The molecule has 1 aliphatic heterocycles. The topological polar surface area (TPSA) is 108 Å². The number of nitrogens with one attached hydrogen (secondary N) is 1. The molecule has 2 atom stereocenters. The first-order valence-corrected chi connectivity index (χ1v) is 12.7. The molecule has 0 saturated heterocycles. The molecule has 0 aromatic heterocycles. The molecule has 192 valence electrons. The van der Waals surface area contributed by atoms with Gasteiger partial charge in [-0.3, -0.25) is 14.9 Å². The molecule has 37 heavy (non-hydrogen) atoms. The van der Waals surface area contributed by atoms with E-state index in [2.05, 4.69) is 5.32 Å². The largest absolute Gasteiger partial charge is 0.496 e. The average Bonchev–Trinajstić information content (AvgIpc) is 3.40. The van der Waals surface area contributed by atoms with Crippen LogP contribution in [-0.4, -0.2) is 29.9 Å². The monoisotopic (exact) mass is 502 g/mol. The second kappa shape index (κ2) is 10.2. The van der Waals surface area contributed by atoms with Crippen LogP contribution in [-0.2, 0) is 14.3 Å². The van der Waals surface area contributed by atoms with Gasteiger partial charge in [0.2, 0.25) is 0 Å². The molecule has 1 saturated carbocycles. The van der Waals surface area contributed by atoms with Gasteiger partial charge < -0.3 is 14.8 Å². The van der Waals surface area contributed by atoms with Crippen molar-refractivity contribution in [3.63, 3.8) is 0 Å². The van der Waals surface area contributed by atoms with Gasteiger partial charge in [0.25, 0.3) is 5.69 Å². The van der Waals surface area contributed by atoms with E-state index in [-0.39, 0.29) is 29.9 Å². The fraction of sp³-hybridized carbons (Fsp3) is 0.379. The van der Waals surface area contributed by atoms with Crippen molar-refractivity contribution in [3.05, 3.63) is 92.3 Å². The van der Waals surface area contributed by atoms with E-state index in [0.717, 1.165) is 42.7 Å². The van der Waals surface area contributed by atoms with Gasteiger partial charge >= 0.3 is 5.97 Å². The lowest BCUT2D eigenvalue weighted by Gasteiger charge is -2.37. The van der Waals surface area contributed by atoms with E-state index >= 15 is 0 Å². The maximum atomic E-state index is 13.8. The van der Waals surface area contributed by atoms with Crippen molar-refractivity contribution in [3.8, 4) is 5.75 Å². The summed E-state index contributed by atoms with van der Waals surface area (Å²) in [6.45, 7) is 1.80. The van der Waals surface area contributed by atoms with E-state index < -0.39 is 16.8 Å². The van der Waals surface area contributed by atoms with Crippen molar-refractivity contribution in [2.75, 3.05) is 7.11 Å². The normalized spacial score (nSPS) is 21.9. The van der Waals surface area contributed by atoms with Crippen molar-refractivity contribution in [1.29, 1.82) is 0 Å². The second-order valence-corrected chi connectivity index (χ2v) is 9.92. The molecule has 8 nitrogen and oxygen atoms in total. The minimum Gasteiger partial charge on any atom is -0.496 e. The minimum atomic E-state index is -0.740. The molecule has 2 aromatic rings. The molecular formula is C29H30N2O6. The van der Waals surface area contributed by atoms with E-state index in [1.165, 1.54) is 12.1 Å². The molecule has 0 radical (unpaired) electrons. The van der Waals surface area contributed by atoms with Gasteiger partial charge in [-0.05, 0) is 56.2 Å². The predicted octanol–water partition coefficient (Wildman–Crippen LogP) is 5.45. The number of esters is 1. The molecule has 3 aliphatic rings. The highest BCUT2D eigenvalue weighted by Gasteiger charge is 2.42. The van der Waals surface area contributed by atoms with Gasteiger partial charge in [0, 0.05) is 47.4 Å². The third-order valence-corrected chi connectivity index (χ3v) is 7.62. The highest BCUT2D eigenvalue weighted by molar-refractivity contribution is 6.04. The lowest BCUT2D eigenvalue weighted by atomic mass is 9.71. The lowest BCUT2D eigenvalue weighted by Crippen LogP contribution is -2.36. The van der Waals surface area contributed by atoms with Crippen LogP contribution in [0.2, 0.25) is 0 Å². The fourth-order valence-electron chi connectivity index (χ4n) is 5.91. The maximum absolute atomic E-state index is 13.8. The minimum absolute atomic E-state index is 0.0884. The Bertz CT molecular complexity index is 1320. The molecule has 1 heterocycles. The zero-order valence-corrected chi connectivity index (χ0v) is 21.0. The number of ether oxygens (including phenoxy) is 2. The molecule has 0 amide bonds. The molecule has 2 unspecified atom stereocenters. The van der Waals surface area contributed by atoms with E-state index in [1.807, 2.05) is 24.3 Å². The van der Waals surface area contributed by atoms with Gasteiger partial charge in [-0.1, -0.05) is 30.3 Å². The summed E-state index contributed by atoms with van der Waals surface area (Å²) in [5.74, 6) is -0.681. The van der Waals surface area contributed by atoms with Gasteiger partial charge in [0.05, 0.1) is 17.6 Å². The standard InChI is InChI=1S/C29H30N2O6/c1-17-26(29(33)37-21-10-3-4-11-21)27(18-8-7-9-20(14-18)31(34)35)28-23(30-17)15-19(16-24(28)32)22-12-5-6-13-25(22)36-2/h5-9,12-14,19,21,27,30H,3-4,10-11,15-16H2,1-2H3. The number of hydrogen-bond donors (Lipinski definition) is 1. The zero-order valence-electron chi connectivity index (χ0n) is 21.0. The summed E-state index contributed by atoms with van der Waals surface area (Å²) in [6, 6.07) is 13.9. The molecule has 0 bridgehead atoms. The summed E-state index contributed by atoms with van der Waals surface area (Å²) >= 11 is 0. The number of rotatable bonds is 6. The number of allylic oxidation sites excluding steroid dienone is 3. The van der Waals surface area contributed by atoms with Crippen molar-refractivity contribution in [1.82, 2.24) is 5.32 Å². The van der Waals surface area contributed by atoms with Gasteiger partial charge in [0.1, 0.15) is 11.9 Å². The second-order valence-electron chi connectivity index (χ2n) is 9.92. The summed E-state index contributed by atoms with van der Waals surface area (Å²) in [7, 11) is 1.61. The van der Waals surface area contributed by atoms with Crippen LogP contribution < -0.4 is 10.1 Å². The number of hydrogen-bond acceptors (Lipinski definition) is 7. The van der Waals surface area contributed by atoms with E-state index in [1.54, 1.807) is 26.2 Å². The Morgan fingerprint density at radius 1 is 1.08 bits per heavy atom. The summed E-state index contributed by atoms with van der Waals surface area (Å²) in [4.78, 5) is 38.4. The van der Waals surface area contributed by atoms with E-state index in [9.17, 15) is 19.7 Å². The third-order valence-electron chi connectivity index (χ3n) is 7.62. The number of para-hydroxylation sites is 1.